The molecule has 0 aromatic heterocycles. The van der Waals surface area contributed by atoms with Crippen LogP contribution < -0.4 is 9.47 Å². The maximum atomic E-state index is 6.46. The normalized spacial score (nSPS) is 11.2. The molecular weight excluding hydrogens is 283 g/mol. The van der Waals surface area contributed by atoms with Crippen LogP contribution in [0.15, 0.2) is 48.5 Å². The van der Waals surface area contributed by atoms with Gasteiger partial charge in [0.15, 0.2) is 4.33 Å². The van der Waals surface area contributed by atoms with Crippen molar-refractivity contribution in [3.8, 4) is 11.5 Å². The minimum Gasteiger partial charge on any atom is -0.497 e. The molecule has 4 heteroatoms. The first kappa shape index (κ1) is 14.0. The fraction of sp³-hybridized carbons (Fsp3) is 0.200. The Morgan fingerprint density at radius 2 is 1.00 bits per heavy atom. The third kappa shape index (κ3) is 2.96. The molecule has 2 aromatic carbocycles. The Hall–Kier alpha value is -1.38. The largest absolute Gasteiger partial charge is 0.497 e. The van der Waals surface area contributed by atoms with E-state index in [-0.39, 0.29) is 0 Å². The van der Waals surface area contributed by atoms with Gasteiger partial charge in [-0.1, -0.05) is 47.5 Å². The molecule has 2 nitrogen and oxygen atoms in total. The van der Waals surface area contributed by atoms with Crippen molar-refractivity contribution in [3.05, 3.63) is 59.7 Å². The number of benzene rings is 2. The molecule has 0 saturated carbocycles. The molecule has 0 aliphatic rings. The van der Waals surface area contributed by atoms with Gasteiger partial charge in [0.05, 0.1) is 14.2 Å². The standard InChI is InChI=1S/C15H14Cl2O2/c1-18-13-7-3-11(4-8-13)15(16,17)12-5-9-14(19-2)10-6-12/h3-10H,1-2H3. The monoisotopic (exact) mass is 296 g/mol. The summed E-state index contributed by atoms with van der Waals surface area (Å²) in [7, 11) is 3.24. The topological polar surface area (TPSA) is 18.5 Å². The third-order valence-electron chi connectivity index (χ3n) is 2.91. The lowest BCUT2D eigenvalue weighted by molar-refractivity contribution is 0.414. The van der Waals surface area contributed by atoms with E-state index in [2.05, 4.69) is 0 Å². The van der Waals surface area contributed by atoms with Gasteiger partial charge in [-0.15, -0.1) is 0 Å². The van der Waals surface area contributed by atoms with Crippen molar-refractivity contribution in [2.45, 2.75) is 4.33 Å². The van der Waals surface area contributed by atoms with Crippen molar-refractivity contribution >= 4 is 23.2 Å². The van der Waals surface area contributed by atoms with E-state index in [4.69, 9.17) is 32.7 Å². The van der Waals surface area contributed by atoms with Crippen molar-refractivity contribution in [3.63, 3.8) is 0 Å². The molecule has 0 spiro atoms. The minimum absolute atomic E-state index is 0.766. The first-order chi connectivity index (χ1) is 9.07. The molecule has 0 aliphatic carbocycles. The van der Waals surface area contributed by atoms with Gasteiger partial charge >= 0.3 is 0 Å². The second-order valence-corrected chi connectivity index (χ2v) is 5.36. The second kappa shape index (κ2) is 5.72. The molecule has 0 radical (unpaired) electrons. The highest BCUT2D eigenvalue weighted by Crippen LogP contribution is 2.41. The van der Waals surface area contributed by atoms with E-state index in [9.17, 15) is 0 Å². The Balaban J connectivity index is 2.33. The summed E-state index contributed by atoms with van der Waals surface area (Å²) in [4.78, 5) is 0. The van der Waals surface area contributed by atoms with Crippen molar-refractivity contribution < 1.29 is 9.47 Å². The van der Waals surface area contributed by atoms with Crippen molar-refractivity contribution in [1.29, 1.82) is 0 Å². The summed E-state index contributed by atoms with van der Waals surface area (Å²) in [6.07, 6.45) is 0. The van der Waals surface area contributed by atoms with Crippen LogP contribution in [-0.2, 0) is 4.33 Å². The van der Waals surface area contributed by atoms with E-state index in [0.717, 1.165) is 22.6 Å². The van der Waals surface area contributed by atoms with Gasteiger partial charge in [-0.2, -0.15) is 0 Å². The zero-order chi connectivity index (χ0) is 13.9. The van der Waals surface area contributed by atoms with Crippen LogP contribution in [0, 0.1) is 0 Å². The second-order valence-electron chi connectivity index (χ2n) is 4.03. The van der Waals surface area contributed by atoms with Crippen LogP contribution in [0.1, 0.15) is 11.1 Å². The predicted octanol–water partition coefficient (Wildman–Crippen LogP) is 4.38. The van der Waals surface area contributed by atoms with Crippen LogP contribution in [0.4, 0.5) is 0 Å². The SMILES string of the molecule is COc1ccc(C(Cl)(Cl)c2ccc(OC)cc2)cc1. The van der Waals surface area contributed by atoms with E-state index < -0.39 is 4.33 Å². The highest BCUT2D eigenvalue weighted by Gasteiger charge is 2.28. The van der Waals surface area contributed by atoms with Gasteiger partial charge in [-0.25, -0.2) is 0 Å². The summed E-state index contributed by atoms with van der Waals surface area (Å²) in [6.45, 7) is 0. The summed E-state index contributed by atoms with van der Waals surface area (Å²) >= 11 is 12.9. The van der Waals surface area contributed by atoms with E-state index in [1.807, 2.05) is 48.5 Å². The van der Waals surface area contributed by atoms with Crippen LogP contribution in [0.2, 0.25) is 0 Å². The molecule has 0 heterocycles. The van der Waals surface area contributed by atoms with E-state index in [1.165, 1.54) is 0 Å². The summed E-state index contributed by atoms with van der Waals surface area (Å²) in [5.74, 6) is 1.53. The Morgan fingerprint density at radius 3 is 1.26 bits per heavy atom. The fourth-order valence-corrected chi connectivity index (χ4v) is 2.27. The molecule has 19 heavy (non-hydrogen) atoms. The molecule has 0 aliphatic heterocycles. The average molecular weight is 297 g/mol. The number of alkyl halides is 2. The summed E-state index contributed by atoms with van der Waals surface area (Å²) in [5.41, 5.74) is 1.59. The molecule has 0 atom stereocenters. The molecule has 0 unspecified atom stereocenters. The van der Waals surface area contributed by atoms with Gasteiger partial charge in [-0.3, -0.25) is 0 Å². The number of halogens is 2. The lowest BCUT2D eigenvalue weighted by Crippen LogP contribution is -2.12. The number of rotatable bonds is 4. The lowest BCUT2D eigenvalue weighted by atomic mass is 10.0. The van der Waals surface area contributed by atoms with Gasteiger partial charge in [0.2, 0.25) is 0 Å². The molecule has 0 amide bonds. The van der Waals surface area contributed by atoms with Crippen molar-refractivity contribution in [2.75, 3.05) is 14.2 Å². The van der Waals surface area contributed by atoms with E-state index in [0.29, 0.717) is 0 Å². The first-order valence-electron chi connectivity index (χ1n) is 5.75. The molecule has 100 valence electrons. The molecule has 2 aromatic rings. The maximum Gasteiger partial charge on any atom is 0.168 e. The Bertz CT molecular complexity index is 484. The average Bonchev–Trinajstić information content (AvgIpc) is 2.47. The molecule has 0 N–H and O–H groups in total. The molecule has 0 saturated heterocycles. The molecule has 0 bridgehead atoms. The summed E-state index contributed by atoms with van der Waals surface area (Å²) in [6, 6.07) is 14.7. The van der Waals surface area contributed by atoms with Gasteiger partial charge < -0.3 is 9.47 Å². The smallest absolute Gasteiger partial charge is 0.168 e. The summed E-state index contributed by atoms with van der Waals surface area (Å²) in [5, 5.41) is 0. The Labute approximate surface area is 122 Å². The molecular formula is C15H14Cl2O2. The number of methoxy groups -OCH3 is 2. The van der Waals surface area contributed by atoms with Gasteiger partial charge in [-0.05, 0) is 35.4 Å². The highest BCUT2D eigenvalue weighted by molar-refractivity contribution is 6.50. The number of hydrogen-bond acceptors (Lipinski definition) is 2. The van der Waals surface area contributed by atoms with Crippen molar-refractivity contribution in [2.24, 2.45) is 0 Å². The zero-order valence-corrected chi connectivity index (χ0v) is 12.2. The van der Waals surface area contributed by atoms with Crippen LogP contribution in [-0.4, -0.2) is 14.2 Å². The van der Waals surface area contributed by atoms with Gasteiger partial charge in [0.25, 0.3) is 0 Å². The molecule has 0 fully saturated rings. The van der Waals surface area contributed by atoms with Gasteiger partial charge in [0.1, 0.15) is 11.5 Å². The Kier molecular flexibility index (Phi) is 4.23. The summed E-state index contributed by atoms with van der Waals surface area (Å²) < 4.78 is 9.13. The van der Waals surface area contributed by atoms with Crippen LogP contribution >= 0.6 is 23.2 Å². The first-order valence-corrected chi connectivity index (χ1v) is 6.50. The highest BCUT2D eigenvalue weighted by atomic mass is 35.5. The number of ether oxygens (including phenoxy) is 2. The minimum atomic E-state index is -1.10. The van der Waals surface area contributed by atoms with Gasteiger partial charge in [0, 0.05) is 0 Å². The quantitative estimate of drug-likeness (QED) is 0.780. The van der Waals surface area contributed by atoms with Crippen LogP contribution in [0.3, 0.4) is 0 Å². The fourth-order valence-electron chi connectivity index (χ4n) is 1.77. The Morgan fingerprint density at radius 1 is 0.684 bits per heavy atom. The number of hydrogen-bond donors (Lipinski definition) is 0. The predicted molar refractivity (Wildman–Crippen MR) is 78.5 cm³/mol. The lowest BCUT2D eigenvalue weighted by Gasteiger charge is -2.21. The third-order valence-corrected chi connectivity index (χ3v) is 3.78. The van der Waals surface area contributed by atoms with E-state index in [1.54, 1.807) is 14.2 Å². The van der Waals surface area contributed by atoms with Crippen molar-refractivity contribution in [1.82, 2.24) is 0 Å². The van der Waals surface area contributed by atoms with E-state index >= 15 is 0 Å². The zero-order valence-electron chi connectivity index (χ0n) is 10.7. The van der Waals surface area contributed by atoms with Crippen LogP contribution in [0.25, 0.3) is 0 Å². The molecule has 2 rings (SSSR count). The maximum absolute atomic E-state index is 6.46. The van der Waals surface area contributed by atoms with Crippen LogP contribution in [0.5, 0.6) is 11.5 Å².